The molecule has 1 aromatic rings. The first-order valence-electron chi connectivity index (χ1n) is 5.45. The fourth-order valence-corrected chi connectivity index (χ4v) is 1.47. The fourth-order valence-electron chi connectivity index (χ4n) is 1.11. The van der Waals surface area contributed by atoms with E-state index in [0.29, 0.717) is 6.61 Å². The molecule has 0 N–H and O–H groups in total. The molecule has 0 unspecified atom stereocenters. The highest BCUT2D eigenvalue weighted by Gasteiger charge is 1.97. The Morgan fingerprint density at radius 3 is 2.67 bits per heavy atom. The topological polar surface area (TPSA) is 35.5 Å². The Morgan fingerprint density at radius 2 is 2.06 bits per heavy atom. The highest BCUT2D eigenvalue weighted by Crippen LogP contribution is 2.13. The molecule has 18 heavy (non-hydrogen) atoms. The highest BCUT2D eigenvalue weighted by atomic mass is 127. The summed E-state index contributed by atoms with van der Waals surface area (Å²) in [7, 11) is 0. The maximum Gasteiger partial charge on any atom is 0.330 e. The third kappa shape index (κ3) is 5.86. The number of ether oxygens (including phenoxy) is 2. The first-order chi connectivity index (χ1) is 8.61. The van der Waals surface area contributed by atoms with E-state index in [0.717, 1.165) is 17.4 Å². The van der Waals surface area contributed by atoms with Gasteiger partial charge in [-0.05, 0) is 65.4 Å². The zero-order valence-electron chi connectivity index (χ0n) is 10.2. The molecule has 0 heterocycles. The predicted octanol–water partition coefficient (Wildman–Crippen LogP) is 3.35. The number of esters is 1. The van der Waals surface area contributed by atoms with Crippen LogP contribution in [-0.2, 0) is 9.53 Å². The molecule has 1 aromatic carbocycles. The molecule has 0 aliphatic rings. The molecule has 1 rings (SSSR count). The number of carbonyl (C=O) groups excluding carboxylic acids is 1. The molecule has 0 fully saturated rings. The lowest BCUT2D eigenvalue weighted by atomic mass is 10.3. The molecule has 0 saturated heterocycles. The van der Waals surface area contributed by atoms with Crippen LogP contribution in [0.2, 0.25) is 0 Å². The van der Waals surface area contributed by atoms with Crippen LogP contribution in [0.15, 0.2) is 48.6 Å². The Morgan fingerprint density at radius 1 is 1.39 bits per heavy atom. The van der Waals surface area contributed by atoms with Gasteiger partial charge in [0, 0.05) is 9.65 Å². The summed E-state index contributed by atoms with van der Waals surface area (Å²) in [5, 5.41) is 0. The Bertz CT molecular complexity index is 435. The molecule has 96 valence electrons. The third-order valence-corrected chi connectivity index (χ3v) is 2.82. The number of carbonyl (C=O) groups is 1. The highest BCUT2D eigenvalue weighted by molar-refractivity contribution is 14.1. The normalized spacial score (nSPS) is 10.9. The van der Waals surface area contributed by atoms with Crippen molar-refractivity contribution in [1.82, 2.24) is 0 Å². The van der Waals surface area contributed by atoms with Crippen LogP contribution in [0.5, 0.6) is 5.75 Å². The zero-order chi connectivity index (χ0) is 13.4. The Balaban J connectivity index is 2.33. The standard InChI is InChI=1S/C14H15IO3/c1-3-14(16)18-10-11(2)8-9-17-13-6-4-12(15)5-7-13/h3-8H,1,9-10H2,2H3/b11-8-. The summed E-state index contributed by atoms with van der Waals surface area (Å²) >= 11 is 2.24. The van der Waals surface area contributed by atoms with Crippen molar-refractivity contribution in [2.75, 3.05) is 13.2 Å². The van der Waals surface area contributed by atoms with Crippen molar-refractivity contribution in [1.29, 1.82) is 0 Å². The van der Waals surface area contributed by atoms with Crippen molar-refractivity contribution < 1.29 is 14.3 Å². The van der Waals surface area contributed by atoms with Crippen LogP contribution in [0.25, 0.3) is 0 Å². The quantitative estimate of drug-likeness (QED) is 0.339. The van der Waals surface area contributed by atoms with Gasteiger partial charge in [0.15, 0.2) is 0 Å². The first kappa shape index (κ1) is 14.8. The molecule has 0 radical (unpaired) electrons. The molecule has 0 amide bonds. The summed E-state index contributed by atoms with van der Waals surface area (Å²) in [6.45, 7) is 5.93. The second kappa shape index (κ2) is 7.92. The SMILES string of the molecule is C=CC(=O)OC/C(C)=C\COc1ccc(I)cc1. The van der Waals surface area contributed by atoms with E-state index >= 15 is 0 Å². The predicted molar refractivity (Wildman–Crippen MR) is 79.6 cm³/mol. The van der Waals surface area contributed by atoms with Crippen molar-refractivity contribution in [2.45, 2.75) is 6.92 Å². The average Bonchev–Trinajstić information content (AvgIpc) is 2.38. The van der Waals surface area contributed by atoms with E-state index in [-0.39, 0.29) is 6.61 Å². The fraction of sp³-hybridized carbons (Fsp3) is 0.214. The molecule has 0 spiro atoms. The molecule has 0 aromatic heterocycles. The van der Waals surface area contributed by atoms with Crippen LogP contribution in [0, 0.1) is 3.57 Å². The lowest BCUT2D eigenvalue weighted by molar-refractivity contribution is -0.136. The second-order valence-corrected chi connectivity index (χ2v) is 4.87. The maximum atomic E-state index is 10.8. The number of hydrogen-bond acceptors (Lipinski definition) is 3. The van der Waals surface area contributed by atoms with Gasteiger partial charge in [-0.15, -0.1) is 0 Å². The maximum absolute atomic E-state index is 10.8. The van der Waals surface area contributed by atoms with Crippen LogP contribution >= 0.6 is 22.6 Å². The lowest BCUT2D eigenvalue weighted by Gasteiger charge is -2.05. The minimum Gasteiger partial charge on any atom is -0.490 e. The van der Waals surface area contributed by atoms with E-state index in [1.54, 1.807) is 0 Å². The number of hydrogen-bond donors (Lipinski definition) is 0. The van der Waals surface area contributed by atoms with E-state index in [1.807, 2.05) is 37.3 Å². The van der Waals surface area contributed by atoms with Crippen LogP contribution in [-0.4, -0.2) is 19.2 Å². The van der Waals surface area contributed by atoms with Gasteiger partial charge >= 0.3 is 5.97 Å². The smallest absolute Gasteiger partial charge is 0.330 e. The van der Waals surface area contributed by atoms with E-state index in [2.05, 4.69) is 29.2 Å². The molecule has 0 aliphatic heterocycles. The summed E-state index contributed by atoms with van der Waals surface area (Å²) in [5.74, 6) is 0.406. The molecule has 0 saturated carbocycles. The van der Waals surface area contributed by atoms with Gasteiger partial charge in [0.05, 0.1) is 0 Å². The van der Waals surface area contributed by atoms with E-state index in [4.69, 9.17) is 9.47 Å². The van der Waals surface area contributed by atoms with Gasteiger partial charge in [0.2, 0.25) is 0 Å². The Labute approximate surface area is 121 Å². The molecule has 3 nitrogen and oxygen atoms in total. The van der Waals surface area contributed by atoms with Gasteiger partial charge in [-0.3, -0.25) is 0 Å². The molecular formula is C14H15IO3. The van der Waals surface area contributed by atoms with Crippen LogP contribution < -0.4 is 4.74 Å². The Hall–Kier alpha value is -1.30. The number of rotatable bonds is 6. The van der Waals surface area contributed by atoms with Gasteiger partial charge in [0.1, 0.15) is 19.0 Å². The number of halogens is 1. The van der Waals surface area contributed by atoms with Gasteiger partial charge in [-0.1, -0.05) is 6.58 Å². The monoisotopic (exact) mass is 358 g/mol. The van der Waals surface area contributed by atoms with Gasteiger partial charge in [-0.25, -0.2) is 4.79 Å². The van der Waals surface area contributed by atoms with Crippen LogP contribution in [0.4, 0.5) is 0 Å². The molecule has 4 heteroatoms. The average molecular weight is 358 g/mol. The molecular weight excluding hydrogens is 343 g/mol. The van der Waals surface area contributed by atoms with Crippen molar-refractivity contribution >= 4 is 28.6 Å². The van der Waals surface area contributed by atoms with E-state index in [1.165, 1.54) is 3.57 Å². The second-order valence-electron chi connectivity index (χ2n) is 3.63. The minimum atomic E-state index is -0.415. The van der Waals surface area contributed by atoms with Gasteiger partial charge in [0.25, 0.3) is 0 Å². The van der Waals surface area contributed by atoms with Crippen molar-refractivity contribution in [2.24, 2.45) is 0 Å². The molecule has 0 atom stereocenters. The minimum absolute atomic E-state index is 0.265. The van der Waals surface area contributed by atoms with Crippen molar-refractivity contribution in [3.05, 3.63) is 52.1 Å². The van der Waals surface area contributed by atoms with E-state index in [9.17, 15) is 4.79 Å². The zero-order valence-corrected chi connectivity index (χ0v) is 12.3. The van der Waals surface area contributed by atoms with Crippen LogP contribution in [0.1, 0.15) is 6.92 Å². The molecule has 0 bridgehead atoms. The summed E-state index contributed by atoms with van der Waals surface area (Å²) in [4.78, 5) is 10.8. The first-order valence-corrected chi connectivity index (χ1v) is 6.53. The van der Waals surface area contributed by atoms with Gasteiger partial charge in [-0.2, -0.15) is 0 Å². The largest absolute Gasteiger partial charge is 0.490 e. The van der Waals surface area contributed by atoms with Crippen LogP contribution in [0.3, 0.4) is 0 Å². The number of benzene rings is 1. The summed E-state index contributed by atoms with van der Waals surface area (Å²) in [6.07, 6.45) is 3.03. The Kier molecular flexibility index (Phi) is 6.49. The van der Waals surface area contributed by atoms with Gasteiger partial charge < -0.3 is 9.47 Å². The van der Waals surface area contributed by atoms with E-state index < -0.39 is 5.97 Å². The summed E-state index contributed by atoms with van der Waals surface area (Å²) in [6, 6.07) is 7.81. The third-order valence-electron chi connectivity index (χ3n) is 2.10. The molecule has 0 aliphatic carbocycles. The van der Waals surface area contributed by atoms with Crippen molar-refractivity contribution in [3.8, 4) is 5.75 Å². The van der Waals surface area contributed by atoms with Crippen molar-refractivity contribution in [3.63, 3.8) is 0 Å². The summed E-state index contributed by atoms with van der Waals surface area (Å²) in [5.41, 5.74) is 0.940. The summed E-state index contributed by atoms with van der Waals surface area (Å²) < 4.78 is 11.6. The lowest BCUT2D eigenvalue weighted by Crippen LogP contribution is -2.04.